The molecule has 1 aliphatic heterocycles. The van der Waals surface area contributed by atoms with Gasteiger partial charge in [-0.2, -0.15) is 0 Å². The number of nitrogens with one attached hydrogen (secondary N) is 1. The van der Waals surface area contributed by atoms with Crippen LogP contribution in [0.5, 0.6) is 0 Å². The molecule has 1 N–H and O–H groups in total. The SMILES string of the molecule is ClC1=CC(Cl)=NN(n2nnc3ccccc32)N1. The molecule has 0 atom stereocenters. The van der Waals surface area contributed by atoms with E-state index >= 15 is 0 Å². The molecule has 0 bridgehead atoms. The van der Waals surface area contributed by atoms with Crippen LogP contribution in [0.15, 0.2) is 40.6 Å². The summed E-state index contributed by atoms with van der Waals surface area (Å²) in [6, 6.07) is 7.49. The highest BCUT2D eigenvalue weighted by molar-refractivity contribution is 6.69. The Bertz CT molecular complexity index is 631. The number of para-hydroxylation sites is 1. The lowest BCUT2D eigenvalue weighted by Crippen LogP contribution is -2.43. The van der Waals surface area contributed by atoms with Gasteiger partial charge in [-0.15, -0.1) is 15.0 Å². The van der Waals surface area contributed by atoms with Gasteiger partial charge in [0.25, 0.3) is 0 Å². The average Bonchev–Trinajstić information content (AvgIpc) is 2.71. The molecular formula is C9H6Cl2N6. The second-order valence-electron chi connectivity index (χ2n) is 3.28. The van der Waals surface area contributed by atoms with E-state index in [1.54, 1.807) is 0 Å². The molecule has 6 nitrogen and oxygen atoms in total. The maximum absolute atomic E-state index is 5.86. The summed E-state index contributed by atoms with van der Waals surface area (Å²) < 4.78 is 0. The van der Waals surface area contributed by atoms with Gasteiger partial charge in [-0.05, 0) is 17.3 Å². The van der Waals surface area contributed by atoms with Crippen LogP contribution in [-0.4, -0.2) is 20.3 Å². The van der Waals surface area contributed by atoms with Gasteiger partial charge < -0.3 is 0 Å². The van der Waals surface area contributed by atoms with E-state index in [0.29, 0.717) is 5.16 Å². The summed E-state index contributed by atoms with van der Waals surface area (Å²) >= 11 is 11.7. The molecule has 1 aromatic carbocycles. The third-order valence-electron chi connectivity index (χ3n) is 2.16. The summed E-state index contributed by atoms with van der Waals surface area (Å²) in [5.74, 6) is 0. The van der Waals surface area contributed by atoms with E-state index in [9.17, 15) is 0 Å². The van der Waals surface area contributed by atoms with Gasteiger partial charge in [0.2, 0.25) is 0 Å². The van der Waals surface area contributed by atoms with Gasteiger partial charge in [-0.25, -0.2) is 5.43 Å². The van der Waals surface area contributed by atoms with Crippen LogP contribution < -0.4 is 10.7 Å². The summed E-state index contributed by atoms with van der Waals surface area (Å²) in [4.78, 5) is 1.47. The molecule has 1 aromatic heterocycles. The Kier molecular flexibility index (Phi) is 2.38. The average molecular weight is 269 g/mol. The monoisotopic (exact) mass is 268 g/mol. The summed E-state index contributed by atoms with van der Waals surface area (Å²) in [5, 5.41) is 13.9. The third-order valence-corrected chi connectivity index (χ3v) is 2.54. The zero-order valence-electron chi connectivity index (χ0n) is 8.38. The van der Waals surface area contributed by atoms with Crippen LogP contribution in [0.2, 0.25) is 0 Å². The lowest BCUT2D eigenvalue weighted by molar-refractivity contribution is 0.497. The van der Waals surface area contributed by atoms with E-state index in [0.717, 1.165) is 11.0 Å². The first-order chi connectivity index (χ1) is 8.24. The van der Waals surface area contributed by atoms with Crippen molar-refractivity contribution in [3.05, 3.63) is 35.5 Å². The molecule has 0 radical (unpaired) electrons. The number of hydrazine groups is 1. The van der Waals surface area contributed by atoms with Gasteiger partial charge in [0.05, 0.1) is 0 Å². The number of hydrogen-bond donors (Lipinski definition) is 1. The van der Waals surface area contributed by atoms with Crippen molar-refractivity contribution in [1.82, 2.24) is 20.5 Å². The molecule has 17 heavy (non-hydrogen) atoms. The van der Waals surface area contributed by atoms with Crippen molar-refractivity contribution in [3.8, 4) is 0 Å². The third kappa shape index (κ3) is 1.81. The molecule has 3 rings (SSSR count). The zero-order chi connectivity index (χ0) is 11.8. The predicted octanol–water partition coefficient (Wildman–Crippen LogP) is 1.52. The number of halogens is 2. The Morgan fingerprint density at radius 3 is 2.82 bits per heavy atom. The molecule has 8 heteroatoms. The smallest absolute Gasteiger partial charge is 0.156 e. The van der Waals surface area contributed by atoms with Gasteiger partial charge in [-0.3, -0.25) is 0 Å². The summed E-state index contributed by atoms with van der Waals surface area (Å²) in [5.41, 5.74) is 4.34. The lowest BCUT2D eigenvalue weighted by Gasteiger charge is -2.22. The number of hydrogen-bond acceptors (Lipinski definition) is 5. The normalized spacial score (nSPS) is 15.5. The number of hydrazone groups is 1. The van der Waals surface area contributed by atoms with Gasteiger partial charge in [-0.1, -0.05) is 40.6 Å². The Balaban J connectivity index is 2.08. The van der Waals surface area contributed by atoms with Crippen molar-refractivity contribution in [2.45, 2.75) is 0 Å². The van der Waals surface area contributed by atoms with E-state index in [1.165, 1.54) is 16.1 Å². The van der Waals surface area contributed by atoms with Crippen LogP contribution >= 0.6 is 23.2 Å². The number of nitrogens with zero attached hydrogens (tertiary/aromatic N) is 5. The minimum atomic E-state index is 0.258. The van der Waals surface area contributed by atoms with Gasteiger partial charge in [0, 0.05) is 6.08 Å². The van der Waals surface area contributed by atoms with Crippen LogP contribution in [0.25, 0.3) is 11.0 Å². The molecular weight excluding hydrogens is 263 g/mol. The van der Waals surface area contributed by atoms with Crippen molar-refractivity contribution in [2.24, 2.45) is 5.10 Å². The fraction of sp³-hybridized carbons (Fsp3) is 0. The first-order valence-electron chi connectivity index (χ1n) is 4.73. The van der Waals surface area contributed by atoms with E-state index in [-0.39, 0.29) is 5.17 Å². The van der Waals surface area contributed by atoms with E-state index in [2.05, 4.69) is 20.8 Å². The Labute approximate surface area is 106 Å². The molecule has 2 heterocycles. The van der Waals surface area contributed by atoms with Crippen LogP contribution in [0.3, 0.4) is 0 Å². The molecule has 0 fully saturated rings. The first-order valence-corrected chi connectivity index (χ1v) is 5.48. The van der Waals surface area contributed by atoms with Crippen molar-refractivity contribution in [2.75, 3.05) is 5.23 Å². The molecule has 1 aliphatic rings. The van der Waals surface area contributed by atoms with Crippen molar-refractivity contribution in [1.29, 1.82) is 0 Å². The first kappa shape index (κ1) is 10.4. The molecule has 2 aromatic rings. The standard InChI is InChI=1S/C9H6Cl2N6/c10-8-5-9(11)14-17(13-8)16-7-4-2-1-3-6(7)12-15-16/h1-5,13H. The van der Waals surface area contributed by atoms with Gasteiger partial charge >= 0.3 is 0 Å². The second-order valence-corrected chi connectivity index (χ2v) is 4.08. The van der Waals surface area contributed by atoms with Crippen LogP contribution in [0.1, 0.15) is 0 Å². The van der Waals surface area contributed by atoms with Crippen LogP contribution in [-0.2, 0) is 0 Å². The number of aromatic nitrogens is 3. The molecule has 0 amide bonds. The fourth-order valence-corrected chi connectivity index (χ4v) is 1.88. The highest BCUT2D eigenvalue weighted by Gasteiger charge is 2.15. The van der Waals surface area contributed by atoms with E-state index < -0.39 is 0 Å². The maximum atomic E-state index is 5.86. The summed E-state index contributed by atoms with van der Waals surface area (Å²) in [7, 11) is 0. The number of fused-ring (bicyclic) bond motifs is 1. The molecule has 0 saturated carbocycles. The van der Waals surface area contributed by atoms with Crippen LogP contribution in [0, 0.1) is 0 Å². The van der Waals surface area contributed by atoms with Crippen LogP contribution in [0.4, 0.5) is 0 Å². The topological polar surface area (TPSA) is 58.3 Å². The quantitative estimate of drug-likeness (QED) is 0.797. The maximum Gasteiger partial charge on any atom is 0.156 e. The second kappa shape index (κ2) is 3.90. The largest absolute Gasteiger partial charge is 0.250 e. The van der Waals surface area contributed by atoms with Gasteiger partial charge in [0.1, 0.15) is 16.2 Å². The van der Waals surface area contributed by atoms with Crippen molar-refractivity contribution in [3.63, 3.8) is 0 Å². The number of allylic oxidation sites excluding steroid dienone is 1. The summed E-state index contributed by atoms with van der Waals surface area (Å²) in [6.45, 7) is 0. The number of benzene rings is 1. The van der Waals surface area contributed by atoms with E-state index in [1.807, 2.05) is 24.3 Å². The van der Waals surface area contributed by atoms with E-state index in [4.69, 9.17) is 23.2 Å². The Morgan fingerprint density at radius 2 is 2.00 bits per heavy atom. The molecule has 0 unspecified atom stereocenters. The highest BCUT2D eigenvalue weighted by atomic mass is 35.5. The number of rotatable bonds is 1. The van der Waals surface area contributed by atoms with Crippen molar-refractivity contribution >= 4 is 39.4 Å². The Hall–Kier alpha value is -1.79. The minimum Gasteiger partial charge on any atom is -0.250 e. The molecule has 0 aliphatic carbocycles. The highest BCUT2D eigenvalue weighted by Crippen LogP contribution is 2.13. The van der Waals surface area contributed by atoms with Crippen molar-refractivity contribution < 1.29 is 0 Å². The lowest BCUT2D eigenvalue weighted by atomic mass is 10.3. The molecule has 0 saturated heterocycles. The zero-order valence-corrected chi connectivity index (χ0v) is 9.89. The molecule has 0 spiro atoms. The fourth-order valence-electron chi connectivity index (χ4n) is 1.46. The molecule has 86 valence electrons. The Morgan fingerprint density at radius 1 is 1.18 bits per heavy atom. The van der Waals surface area contributed by atoms with Gasteiger partial charge in [0.15, 0.2) is 5.17 Å². The summed E-state index contributed by atoms with van der Waals surface area (Å²) in [6.07, 6.45) is 1.50. The predicted molar refractivity (Wildman–Crippen MR) is 66.1 cm³/mol. The minimum absolute atomic E-state index is 0.258.